The number of H-pyrrole nitrogens is 1. The molecule has 7 nitrogen and oxygen atoms in total. The summed E-state index contributed by atoms with van der Waals surface area (Å²) in [6.07, 6.45) is 4.62. The van der Waals surface area contributed by atoms with Crippen LogP contribution < -0.4 is 10.9 Å². The number of nitrogens with one attached hydrogen (secondary N) is 2. The van der Waals surface area contributed by atoms with Crippen molar-refractivity contribution in [3.8, 4) is 11.3 Å². The molecule has 0 radical (unpaired) electrons. The lowest BCUT2D eigenvalue weighted by Gasteiger charge is -2.14. The van der Waals surface area contributed by atoms with Crippen molar-refractivity contribution in [3.05, 3.63) is 69.7 Å². The van der Waals surface area contributed by atoms with Gasteiger partial charge in [-0.25, -0.2) is 14.4 Å². The molecule has 136 valence electrons. The molecule has 27 heavy (non-hydrogen) atoms. The number of fused-ring (bicyclic) bond motifs is 1. The van der Waals surface area contributed by atoms with E-state index >= 15 is 0 Å². The molecule has 0 unspecified atom stereocenters. The van der Waals surface area contributed by atoms with Crippen LogP contribution in [-0.4, -0.2) is 20.1 Å². The standard InChI is InChI=1S/C18H13ClFN5O2/c1-9(23-18-21-3-2-15(25-18)11-7-22-27-8-11)12-4-10-5-13(19)14(20)6-16(10)24-17(12)26/h2-9H,1H3,(H,24,26)(H,21,23,25)/t9-/m0/s1. The summed E-state index contributed by atoms with van der Waals surface area (Å²) < 4.78 is 18.4. The summed E-state index contributed by atoms with van der Waals surface area (Å²) in [5.74, 6) is -0.240. The molecule has 9 heteroatoms. The number of rotatable bonds is 4. The first-order valence-corrected chi connectivity index (χ1v) is 8.40. The van der Waals surface area contributed by atoms with Gasteiger partial charge >= 0.3 is 0 Å². The number of nitrogens with zero attached hydrogens (tertiary/aromatic N) is 3. The Hall–Kier alpha value is -3.26. The summed E-state index contributed by atoms with van der Waals surface area (Å²) in [4.78, 5) is 23.6. The molecule has 0 saturated carbocycles. The van der Waals surface area contributed by atoms with Gasteiger partial charge in [-0.05, 0) is 31.2 Å². The van der Waals surface area contributed by atoms with E-state index in [9.17, 15) is 9.18 Å². The summed E-state index contributed by atoms with van der Waals surface area (Å²) in [6, 6.07) is 5.66. The van der Waals surface area contributed by atoms with Gasteiger partial charge in [0, 0.05) is 17.1 Å². The van der Waals surface area contributed by atoms with Crippen LogP contribution in [0.2, 0.25) is 5.02 Å². The van der Waals surface area contributed by atoms with Gasteiger partial charge in [-0.2, -0.15) is 0 Å². The molecular formula is C18H13ClFN5O2. The zero-order valence-electron chi connectivity index (χ0n) is 14.0. The van der Waals surface area contributed by atoms with Crippen molar-refractivity contribution >= 4 is 28.5 Å². The zero-order chi connectivity index (χ0) is 19.0. The minimum atomic E-state index is -0.585. The van der Waals surface area contributed by atoms with Crippen molar-refractivity contribution in [1.29, 1.82) is 0 Å². The molecule has 0 amide bonds. The van der Waals surface area contributed by atoms with Gasteiger partial charge < -0.3 is 14.8 Å². The van der Waals surface area contributed by atoms with Gasteiger partial charge in [0.15, 0.2) is 0 Å². The second-order valence-electron chi connectivity index (χ2n) is 5.95. The van der Waals surface area contributed by atoms with E-state index in [1.807, 2.05) is 0 Å². The minimum Gasteiger partial charge on any atom is -0.364 e. The van der Waals surface area contributed by atoms with E-state index < -0.39 is 11.9 Å². The van der Waals surface area contributed by atoms with E-state index in [-0.39, 0.29) is 10.6 Å². The highest BCUT2D eigenvalue weighted by Crippen LogP contribution is 2.24. The molecule has 4 aromatic rings. The van der Waals surface area contributed by atoms with Gasteiger partial charge in [0.2, 0.25) is 5.95 Å². The topological polar surface area (TPSA) is 96.7 Å². The maximum atomic E-state index is 13.6. The largest absolute Gasteiger partial charge is 0.364 e. The molecule has 0 aliphatic carbocycles. The Balaban J connectivity index is 1.66. The highest BCUT2D eigenvalue weighted by atomic mass is 35.5. The van der Waals surface area contributed by atoms with Crippen molar-refractivity contribution in [2.24, 2.45) is 0 Å². The fourth-order valence-corrected chi connectivity index (χ4v) is 2.90. The Kier molecular flexibility index (Phi) is 4.33. The monoisotopic (exact) mass is 385 g/mol. The molecule has 1 atom stereocenters. The quantitative estimate of drug-likeness (QED) is 0.552. The average Bonchev–Trinajstić information content (AvgIpc) is 3.17. The van der Waals surface area contributed by atoms with E-state index in [4.69, 9.17) is 16.1 Å². The Morgan fingerprint density at radius 2 is 2.19 bits per heavy atom. The molecule has 4 rings (SSSR count). The van der Waals surface area contributed by atoms with Crippen LogP contribution >= 0.6 is 11.6 Å². The Morgan fingerprint density at radius 1 is 1.33 bits per heavy atom. The third kappa shape index (κ3) is 3.39. The van der Waals surface area contributed by atoms with Gasteiger partial charge in [0.1, 0.15) is 12.1 Å². The number of hydrogen-bond donors (Lipinski definition) is 2. The Bertz CT molecular complexity index is 1180. The fourth-order valence-electron chi connectivity index (χ4n) is 2.73. The smallest absolute Gasteiger partial charge is 0.253 e. The number of aromatic nitrogens is 4. The van der Waals surface area contributed by atoms with Crippen molar-refractivity contribution < 1.29 is 8.91 Å². The molecule has 0 aliphatic rings. The lowest BCUT2D eigenvalue weighted by molar-refractivity contribution is 0.420. The van der Waals surface area contributed by atoms with Gasteiger partial charge in [0.05, 0.1) is 34.0 Å². The van der Waals surface area contributed by atoms with Crippen LogP contribution in [-0.2, 0) is 0 Å². The highest BCUT2D eigenvalue weighted by Gasteiger charge is 2.14. The predicted molar refractivity (Wildman–Crippen MR) is 99.1 cm³/mol. The third-order valence-electron chi connectivity index (χ3n) is 4.11. The number of aromatic amines is 1. The summed E-state index contributed by atoms with van der Waals surface area (Å²) in [7, 11) is 0. The van der Waals surface area contributed by atoms with Gasteiger partial charge in [-0.1, -0.05) is 16.8 Å². The second kappa shape index (κ2) is 6.81. The summed E-state index contributed by atoms with van der Waals surface area (Å²) >= 11 is 5.84. The molecule has 3 heterocycles. The lowest BCUT2D eigenvalue weighted by Crippen LogP contribution is -2.20. The van der Waals surface area contributed by atoms with Crippen molar-refractivity contribution in [2.75, 3.05) is 5.32 Å². The van der Waals surface area contributed by atoms with Crippen LogP contribution in [0.5, 0.6) is 0 Å². The maximum Gasteiger partial charge on any atom is 0.253 e. The molecule has 3 aromatic heterocycles. The second-order valence-corrected chi connectivity index (χ2v) is 6.36. The van der Waals surface area contributed by atoms with Gasteiger partial charge in [0.25, 0.3) is 5.56 Å². The maximum absolute atomic E-state index is 13.6. The van der Waals surface area contributed by atoms with Crippen molar-refractivity contribution in [1.82, 2.24) is 20.1 Å². The molecule has 0 bridgehead atoms. The molecule has 0 saturated heterocycles. The first-order chi connectivity index (χ1) is 13.0. The summed E-state index contributed by atoms with van der Waals surface area (Å²) in [5, 5.41) is 7.36. The van der Waals surface area contributed by atoms with E-state index in [1.165, 1.54) is 18.4 Å². The lowest BCUT2D eigenvalue weighted by atomic mass is 10.1. The number of pyridine rings is 1. The van der Waals surface area contributed by atoms with E-state index in [2.05, 4.69) is 25.4 Å². The number of hydrogen-bond acceptors (Lipinski definition) is 6. The molecule has 0 aliphatic heterocycles. The van der Waals surface area contributed by atoms with Crippen molar-refractivity contribution in [2.45, 2.75) is 13.0 Å². The van der Waals surface area contributed by atoms with Crippen LogP contribution in [0.25, 0.3) is 22.2 Å². The third-order valence-corrected chi connectivity index (χ3v) is 4.40. The predicted octanol–water partition coefficient (Wildman–Crippen LogP) is 3.94. The normalized spacial score (nSPS) is 12.3. The number of halogens is 2. The molecule has 0 fully saturated rings. The Labute approximate surface area is 157 Å². The molecular weight excluding hydrogens is 373 g/mol. The summed E-state index contributed by atoms with van der Waals surface area (Å²) in [5.41, 5.74) is 1.84. The number of anilines is 1. The SMILES string of the molecule is C[C@H](Nc1nccc(-c2cnoc2)n1)c1cc2cc(Cl)c(F)cc2[nH]c1=O. The summed E-state index contributed by atoms with van der Waals surface area (Å²) in [6.45, 7) is 1.80. The van der Waals surface area contributed by atoms with Crippen molar-refractivity contribution in [3.63, 3.8) is 0 Å². The van der Waals surface area contributed by atoms with Crippen LogP contribution in [0.15, 0.2) is 52.2 Å². The first kappa shape index (κ1) is 17.2. The molecule has 2 N–H and O–H groups in total. The zero-order valence-corrected chi connectivity index (χ0v) is 14.8. The van der Waals surface area contributed by atoms with E-state index in [0.29, 0.717) is 33.7 Å². The van der Waals surface area contributed by atoms with Crippen LogP contribution in [0.4, 0.5) is 10.3 Å². The molecule has 0 spiro atoms. The van der Waals surface area contributed by atoms with Gasteiger partial charge in [-0.15, -0.1) is 0 Å². The highest BCUT2D eigenvalue weighted by molar-refractivity contribution is 6.31. The van der Waals surface area contributed by atoms with Crippen LogP contribution in [0, 0.1) is 5.82 Å². The Morgan fingerprint density at radius 3 is 2.96 bits per heavy atom. The van der Waals surface area contributed by atoms with E-state index in [0.717, 1.165) is 0 Å². The molecule has 1 aromatic carbocycles. The fraction of sp³-hybridized carbons (Fsp3) is 0.111. The minimum absolute atomic E-state index is 0.00846. The number of benzene rings is 1. The van der Waals surface area contributed by atoms with E-state index in [1.54, 1.807) is 31.5 Å². The van der Waals surface area contributed by atoms with Crippen LogP contribution in [0.1, 0.15) is 18.5 Å². The van der Waals surface area contributed by atoms with Crippen LogP contribution in [0.3, 0.4) is 0 Å². The first-order valence-electron chi connectivity index (χ1n) is 8.02. The average molecular weight is 386 g/mol. The van der Waals surface area contributed by atoms with Gasteiger partial charge in [-0.3, -0.25) is 4.79 Å².